The fourth-order valence-corrected chi connectivity index (χ4v) is 5.07. The summed E-state index contributed by atoms with van der Waals surface area (Å²) in [6.45, 7) is 6.01. The molecule has 152 valence electrons. The highest BCUT2D eigenvalue weighted by molar-refractivity contribution is 5.69. The molecule has 0 radical (unpaired) electrons. The summed E-state index contributed by atoms with van der Waals surface area (Å²) >= 11 is 0. The highest BCUT2D eigenvalue weighted by Gasteiger charge is 2.39. The Morgan fingerprint density at radius 2 is 2.14 bits per heavy atom. The van der Waals surface area contributed by atoms with E-state index in [1.807, 2.05) is 0 Å². The van der Waals surface area contributed by atoms with E-state index in [9.17, 15) is 4.79 Å². The Balaban J connectivity index is 1.36. The van der Waals surface area contributed by atoms with Gasteiger partial charge in [-0.05, 0) is 60.6 Å². The third kappa shape index (κ3) is 4.41. The fourth-order valence-electron chi connectivity index (χ4n) is 5.07. The lowest BCUT2D eigenvalue weighted by atomic mass is 9.81. The first kappa shape index (κ1) is 19.5. The van der Waals surface area contributed by atoms with Crippen LogP contribution in [0.25, 0.3) is 0 Å². The number of amides is 1. The molecule has 1 aliphatic heterocycles. The Bertz CT molecular complexity index is 704. The maximum atomic E-state index is 11.4. The Morgan fingerprint density at radius 1 is 1.21 bits per heavy atom. The minimum Gasteiger partial charge on any atom is -0.447 e. The van der Waals surface area contributed by atoms with Crippen molar-refractivity contribution in [3.8, 4) is 0 Å². The number of nitrogens with one attached hydrogen (secondary N) is 1. The van der Waals surface area contributed by atoms with Crippen LogP contribution in [0, 0.1) is 5.92 Å². The van der Waals surface area contributed by atoms with Crippen LogP contribution in [0.5, 0.6) is 0 Å². The maximum absolute atomic E-state index is 11.4. The Morgan fingerprint density at radius 3 is 2.96 bits per heavy atom. The minimum absolute atomic E-state index is 0.164. The molecular formula is C23H31NO4. The zero-order valence-corrected chi connectivity index (χ0v) is 16.5. The monoisotopic (exact) mass is 385 g/mol. The van der Waals surface area contributed by atoms with Crippen LogP contribution in [0.2, 0.25) is 0 Å². The Kier molecular flexibility index (Phi) is 6.33. The average Bonchev–Trinajstić information content (AvgIpc) is 3.36. The number of carbonyl (C=O) groups excluding carboxylic acids is 1. The van der Waals surface area contributed by atoms with Gasteiger partial charge in [-0.15, -0.1) is 6.58 Å². The van der Waals surface area contributed by atoms with Gasteiger partial charge in [0.1, 0.15) is 6.61 Å². The quantitative estimate of drug-likeness (QED) is 0.547. The lowest BCUT2D eigenvalue weighted by Crippen LogP contribution is -2.35. The average molecular weight is 386 g/mol. The second kappa shape index (κ2) is 9.10. The molecular weight excluding hydrogens is 354 g/mol. The maximum Gasteiger partial charge on any atom is 0.407 e. The van der Waals surface area contributed by atoms with Crippen molar-refractivity contribution in [2.45, 2.75) is 56.6 Å². The van der Waals surface area contributed by atoms with Crippen LogP contribution in [0.15, 0.2) is 30.9 Å². The number of hydrogen-bond donors (Lipinski definition) is 1. The highest BCUT2D eigenvalue weighted by Crippen LogP contribution is 2.43. The summed E-state index contributed by atoms with van der Waals surface area (Å²) in [5.41, 5.74) is 4.32. The van der Waals surface area contributed by atoms with Gasteiger partial charge in [0.15, 0.2) is 0 Å². The molecule has 1 saturated carbocycles. The first-order valence-corrected chi connectivity index (χ1v) is 10.6. The molecule has 1 heterocycles. The summed E-state index contributed by atoms with van der Waals surface area (Å²) in [5.74, 6) is 1.01. The first-order valence-electron chi connectivity index (χ1n) is 10.6. The van der Waals surface area contributed by atoms with Crippen molar-refractivity contribution in [3.63, 3.8) is 0 Å². The topological polar surface area (TPSA) is 56.8 Å². The summed E-state index contributed by atoms with van der Waals surface area (Å²) in [7, 11) is 0. The van der Waals surface area contributed by atoms with E-state index in [2.05, 4.69) is 30.1 Å². The molecule has 0 spiro atoms. The molecule has 1 N–H and O–H groups in total. The third-order valence-corrected chi connectivity index (χ3v) is 6.44. The smallest absolute Gasteiger partial charge is 0.407 e. The minimum atomic E-state index is -0.262. The van der Waals surface area contributed by atoms with E-state index < -0.39 is 0 Å². The van der Waals surface area contributed by atoms with Gasteiger partial charge in [-0.25, -0.2) is 4.79 Å². The number of cyclic esters (lactones) is 1. The molecule has 3 unspecified atom stereocenters. The van der Waals surface area contributed by atoms with Gasteiger partial charge in [-0.3, -0.25) is 0 Å². The Hall–Kier alpha value is -1.85. The summed E-state index contributed by atoms with van der Waals surface area (Å²) in [4.78, 5) is 11.4. The van der Waals surface area contributed by atoms with E-state index in [0.29, 0.717) is 38.3 Å². The van der Waals surface area contributed by atoms with E-state index in [0.717, 1.165) is 19.3 Å². The second-order valence-electron chi connectivity index (χ2n) is 8.18. The molecule has 2 aliphatic carbocycles. The van der Waals surface area contributed by atoms with Crippen LogP contribution in [-0.2, 0) is 27.1 Å². The molecule has 1 aromatic rings. The van der Waals surface area contributed by atoms with Crippen LogP contribution in [-0.4, -0.2) is 44.7 Å². The molecule has 28 heavy (non-hydrogen) atoms. The number of rotatable bonds is 8. The summed E-state index contributed by atoms with van der Waals surface area (Å²) in [5, 5.41) is 3.00. The van der Waals surface area contributed by atoms with Crippen LogP contribution in [0.4, 0.5) is 4.79 Å². The standard InChI is InChI=1S/C23H31NO4/c1-2-10-26-11-12-27-19-9-8-16-13-18(7-6-17(16)14-19)20-4-3-5-21(20)22-15-28-23(25)24-22/h2,6-7,13,19-22H,1,3-5,8-12,14-15H2,(H,24,25)/t19?,20-,21?,22?/m1/s1. The molecule has 1 saturated heterocycles. The molecule has 5 nitrogen and oxygen atoms in total. The van der Waals surface area contributed by atoms with Crippen molar-refractivity contribution in [2.75, 3.05) is 26.4 Å². The van der Waals surface area contributed by atoms with Crippen LogP contribution in [0.3, 0.4) is 0 Å². The molecule has 4 atom stereocenters. The highest BCUT2D eigenvalue weighted by atomic mass is 16.6. The predicted molar refractivity (Wildman–Crippen MR) is 108 cm³/mol. The largest absolute Gasteiger partial charge is 0.447 e. The number of ether oxygens (including phenoxy) is 3. The van der Waals surface area contributed by atoms with Gasteiger partial charge >= 0.3 is 6.09 Å². The van der Waals surface area contributed by atoms with Crippen LogP contribution >= 0.6 is 0 Å². The van der Waals surface area contributed by atoms with Crippen molar-refractivity contribution in [2.24, 2.45) is 5.92 Å². The van der Waals surface area contributed by atoms with Gasteiger partial charge in [0.2, 0.25) is 0 Å². The van der Waals surface area contributed by atoms with Gasteiger partial charge in [-0.2, -0.15) is 0 Å². The van der Waals surface area contributed by atoms with Gasteiger partial charge in [0, 0.05) is 0 Å². The SMILES string of the molecule is C=CCOCCOC1CCc2cc([C@H]3CCCC3C3COC(=O)N3)ccc2C1. The van der Waals surface area contributed by atoms with E-state index in [1.54, 1.807) is 6.08 Å². The lowest BCUT2D eigenvalue weighted by molar-refractivity contribution is 0.00495. The molecule has 0 bridgehead atoms. The third-order valence-electron chi connectivity index (χ3n) is 6.44. The fraction of sp³-hybridized carbons (Fsp3) is 0.609. The van der Waals surface area contributed by atoms with Gasteiger partial charge in [0.05, 0.1) is 32.0 Å². The molecule has 5 heteroatoms. The zero-order valence-electron chi connectivity index (χ0n) is 16.5. The van der Waals surface area contributed by atoms with Crippen LogP contribution in [0.1, 0.15) is 48.3 Å². The number of alkyl carbamates (subject to hydrolysis) is 1. The molecule has 3 aliphatic rings. The van der Waals surface area contributed by atoms with E-state index in [1.165, 1.54) is 36.0 Å². The molecule has 0 aromatic heterocycles. The van der Waals surface area contributed by atoms with Gasteiger partial charge in [-0.1, -0.05) is 30.7 Å². The van der Waals surface area contributed by atoms with Crippen molar-refractivity contribution in [3.05, 3.63) is 47.5 Å². The van der Waals surface area contributed by atoms with Crippen molar-refractivity contribution >= 4 is 6.09 Å². The normalized spacial score (nSPS) is 29.2. The molecule has 1 aromatic carbocycles. The van der Waals surface area contributed by atoms with Crippen molar-refractivity contribution in [1.29, 1.82) is 0 Å². The van der Waals surface area contributed by atoms with Gasteiger partial charge in [0.25, 0.3) is 0 Å². The van der Waals surface area contributed by atoms with Crippen molar-refractivity contribution < 1.29 is 19.0 Å². The second-order valence-corrected chi connectivity index (χ2v) is 8.18. The van der Waals surface area contributed by atoms with Crippen molar-refractivity contribution in [1.82, 2.24) is 5.32 Å². The number of fused-ring (bicyclic) bond motifs is 1. The van der Waals surface area contributed by atoms with Gasteiger partial charge < -0.3 is 19.5 Å². The zero-order chi connectivity index (χ0) is 19.3. The summed E-state index contributed by atoms with van der Waals surface area (Å²) in [6.07, 6.45) is 8.50. The number of benzene rings is 1. The number of aryl methyl sites for hydroxylation is 1. The number of hydrogen-bond acceptors (Lipinski definition) is 4. The molecule has 1 amide bonds. The lowest BCUT2D eigenvalue weighted by Gasteiger charge is -2.28. The first-order chi connectivity index (χ1) is 13.7. The van der Waals surface area contributed by atoms with E-state index in [4.69, 9.17) is 14.2 Å². The molecule has 2 fully saturated rings. The van der Waals surface area contributed by atoms with E-state index in [-0.39, 0.29) is 18.2 Å². The van der Waals surface area contributed by atoms with Crippen LogP contribution < -0.4 is 5.32 Å². The Labute approximate surface area is 167 Å². The number of carbonyl (C=O) groups is 1. The summed E-state index contributed by atoms with van der Waals surface area (Å²) < 4.78 is 16.5. The van der Waals surface area contributed by atoms with E-state index >= 15 is 0 Å². The summed E-state index contributed by atoms with van der Waals surface area (Å²) in [6, 6.07) is 7.18. The predicted octanol–water partition coefficient (Wildman–Crippen LogP) is 3.76. The molecule has 4 rings (SSSR count).